The van der Waals surface area contributed by atoms with Gasteiger partial charge in [-0.15, -0.1) is 0 Å². The normalized spacial score (nSPS) is 14.5. The van der Waals surface area contributed by atoms with Crippen molar-refractivity contribution in [2.45, 2.75) is 19.1 Å². The third-order valence-electron chi connectivity index (χ3n) is 2.25. The maximum absolute atomic E-state index is 9.87. The fourth-order valence-corrected chi connectivity index (χ4v) is 1.35. The first kappa shape index (κ1) is 11.8. The van der Waals surface area contributed by atoms with Gasteiger partial charge in [0.2, 0.25) is 0 Å². The van der Waals surface area contributed by atoms with Crippen LogP contribution in [0.5, 0.6) is 11.5 Å². The van der Waals surface area contributed by atoms with E-state index in [0.29, 0.717) is 17.1 Å². The molecule has 0 aliphatic carbocycles. The van der Waals surface area contributed by atoms with E-state index >= 15 is 0 Å². The molecule has 0 aliphatic rings. The van der Waals surface area contributed by atoms with Crippen LogP contribution in [-0.2, 0) is 0 Å². The van der Waals surface area contributed by atoms with Crippen molar-refractivity contribution in [3.63, 3.8) is 0 Å². The Morgan fingerprint density at radius 3 is 2.40 bits per heavy atom. The average molecular weight is 211 g/mol. The molecule has 1 aromatic rings. The van der Waals surface area contributed by atoms with Crippen LogP contribution in [0.25, 0.3) is 0 Å². The van der Waals surface area contributed by atoms with Gasteiger partial charge >= 0.3 is 0 Å². The zero-order chi connectivity index (χ0) is 11.4. The molecule has 0 amide bonds. The lowest BCUT2D eigenvalue weighted by atomic mass is 10.0. The van der Waals surface area contributed by atoms with Crippen molar-refractivity contribution in [2.75, 3.05) is 14.2 Å². The summed E-state index contributed by atoms with van der Waals surface area (Å²) < 4.78 is 10.2. The Bertz CT molecular complexity index is 326. The number of aliphatic hydroxyl groups is 1. The topological polar surface area (TPSA) is 64.7 Å². The summed E-state index contributed by atoms with van der Waals surface area (Å²) in [6.45, 7) is 1.74. The molecule has 0 saturated carbocycles. The largest absolute Gasteiger partial charge is 0.497 e. The van der Waals surface area contributed by atoms with Gasteiger partial charge in [0.1, 0.15) is 11.5 Å². The van der Waals surface area contributed by atoms with Crippen LogP contribution in [0.1, 0.15) is 18.6 Å². The number of aliphatic hydroxyl groups excluding tert-OH is 1. The summed E-state index contributed by atoms with van der Waals surface area (Å²) in [4.78, 5) is 0. The van der Waals surface area contributed by atoms with Crippen LogP contribution < -0.4 is 15.2 Å². The fourth-order valence-electron chi connectivity index (χ4n) is 1.35. The van der Waals surface area contributed by atoms with E-state index in [9.17, 15) is 5.11 Å². The number of hydrogen-bond acceptors (Lipinski definition) is 4. The van der Waals surface area contributed by atoms with E-state index in [1.54, 1.807) is 39.3 Å². The second-order valence-electron chi connectivity index (χ2n) is 3.41. The molecule has 0 bridgehead atoms. The van der Waals surface area contributed by atoms with Crippen LogP contribution >= 0.6 is 0 Å². The zero-order valence-electron chi connectivity index (χ0n) is 9.23. The standard InChI is InChI=1S/C11H17NO3/c1-7(12)11(13)9-6-8(14-2)4-5-10(9)15-3/h4-7,11,13H,12H2,1-3H3/t7-,11+/m0/s1. The number of methoxy groups -OCH3 is 2. The minimum atomic E-state index is -0.755. The quantitative estimate of drug-likeness (QED) is 0.782. The lowest BCUT2D eigenvalue weighted by molar-refractivity contribution is 0.149. The molecule has 4 nitrogen and oxygen atoms in total. The van der Waals surface area contributed by atoms with Gasteiger partial charge in [0, 0.05) is 11.6 Å². The maximum atomic E-state index is 9.87. The third kappa shape index (κ3) is 2.61. The van der Waals surface area contributed by atoms with Crippen LogP contribution in [0.15, 0.2) is 18.2 Å². The van der Waals surface area contributed by atoms with Crippen molar-refractivity contribution >= 4 is 0 Å². The highest BCUT2D eigenvalue weighted by Crippen LogP contribution is 2.30. The lowest BCUT2D eigenvalue weighted by Crippen LogP contribution is -2.24. The Balaban J connectivity index is 3.11. The number of ether oxygens (including phenoxy) is 2. The van der Waals surface area contributed by atoms with Gasteiger partial charge in [-0.2, -0.15) is 0 Å². The summed E-state index contributed by atoms with van der Waals surface area (Å²) in [5.41, 5.74) is 6.28. The number of benzene rings is 1. The molecule has 0 radical (unpaired) electrons. The van der Waals surface area contributed by atoms with Crippen LogP contribution in [0.3, 0.4) is 0 Å². The molecule has 0 heterocycles. The SMILES string of the molecule is COc1ccc(OC)c([C@H](O)[C@H](C)N)c1. The predicted octanol–water partition coefficient (Wildman–Crippen LogP) is 1.08. The van der Waals surface area contributed by atoms with Gasteiger partial charge in [-0.3, -0.25) is 0 Å². The molecule has 1 rings (SSSR count). The van der Waals surface area contributed by atoms with Crippen LogP contribution in [-0.4, -0.2) is 25.4 Å². The van der Waals surface area contributed by atoms with E-state index in [2.05, 4.69) is 0 Å². The van der Waals surface area contributed by atoms with Gasteiger partial charge < -0.3 is 20.3 Å². The van der Waals surface area contributed by atoms with Crippen molar-refractivity contribution in [3.05, 3.63) is 23.8 Å². The summed E-state index contributed by atoms with van der Waals surface area (Å²) >= 11 is 0. The van der Waals surface area contributed by atoms with Gasteiger partial charge in [0.25, 0.3) is 0 Å². The van der Waals surface area contributed by atoms with Crippen molar-refractivity contribution in [3.8, 4) is 11.5 Å². The van der Waals surface area contributed by atoms with Gasteiger partial charge in [0.15, 0.2) is 0 Å². The van der Waals surface area contributed by atoms with Crippen LogP contribution in [0, 0.1) is 0 Å². The van der Waals surface area contributed by atoms with E-state index in [1.807, 2.05) is 0 Å². The van der Waals surface area contributed by atoms with E-state index in [0.717, 1.165) is 0 Å². The highest BCUT2D eigenvalue weighted by atomic mass is 16.5. The number of nitrogens with two attached hydrogens (primary N) is 1. The minimum absolute atomic E-state index is 0.356. The first-order valence-corrected chi connectivity index (χ1v) is 4.75. The summed E-state index contributed by atoms with van der Waals surface area (Å²) in [5, 5.41) is 9.87. The first-order chi connectivity index (χ1) is 7.10. The van der Waals surface area contributed by atoms with Gasteiger partial charge in [-0.1, -0.05) is 0 Å². The number of hydrogen-bond donors (Lipinski definition) is 2. The Morgan fingerprint density at radius 2 is 1.93 bits per heavy atom. The molecule has 3 N–H and O–H groups in total. The lowest BCUT2D eigenvalue weighted by Gasteiger charge is -2.18. The highest BCUT2D eigenvalue weighted by Gasteiger charge is 2.17. The van der Waals surface area contributed by atoms with E-state index in [1.165, 1.54) is 0 Å². The van der Waals surface area contributed by atoms with E-state index in [-0.39, 0.29) is 6.04 Å². The average Bonchev–Trinajstić information content (AvgIpc) is 2.27. The van der Waals surface area contributed by atoms with Crippen molar-refractivity contribution in [2.24, 2.45) is 5.73 Å². The second-order valence-corrected chi connectivity index (χ2v) is 3.41. The monoisotopic (exact) mass is 211 g/mol. The molecule has 0 aliphatic heterocycles. The molecular formula is C11H17NO3. The molecule has 0 saturated heterocycles. The molecule has 2 atom stereocenters. The summed E-state index contributed by atoms with van der Waals surface area (Å²) in [7, 11) is 3.13. The van der Waals surface area contributed by atoms with Crippen molar-refractivity contribution < 1.29 is 14.6 Å². The molecule has 1 aromatic carbocycles. The summed E-state index contributed by atoms with van der Waals surface area (Å²) in [6, 6.07) is 4.90. The first-order valence-electron chi connectivity index (χ1n) is 4.75. The minimum Gasteiger partial charge on any atom is -0.497 e. The summed E-state index contributed by atoms with van der Waals surface area (Å²) in [6.07, 6.45) is -0.755. The Kier molecular flexibility index (Phi) is 3.94. The summed E-state index contributed by atoms with van der Waals surface area (Å²) in [5.74, 6) is 1.28. The van der Waals surface area contributed by atoms with Crippen molar-refractivity contribution in [1.82, 2.24) is 0 Å². The van der Waals surface area contributed by atoms with Gasteiger partial charge in [-0.25, -0.2) is 0 Å². The maximum Gasteiger partial charge on any atom is 0.124 e. The Hall–Kier alpha value is -1.26. The van der Waals surface area contributed by atoms with E-state index in [4.69, 9.17) is 15.2 Å². The molecule has 84 valence electrons. The third-order valence-corrected chi connectivity index (χ3v) is 2.25. The fraction of sp³-hybridized carbons (Fsp3) is 0.455. The predicted molar refractivity (Wildman–Crippen MR) is 58.2 cm³/mol. The molecule has 15 heavy (non-hydrogen) atoms. The smallest absolute Gasteiger partial charge is 0.124 e. The molecule has 0 aromatic heterocycles. The molecule has 0 fully saturated rings. The Morgan fingerprint density at radius 1 is 1.27 bits per heavy atom. The van der Waals surface area contributed by atoms with Crippen LogP contribution in [0.4, 0.5) is 0 Å². The number of rotatable bonds is 4. The molecule has 4 heteroatoms. The van der Waals surface area contributed by atoms with Gasteiger partial charge in [-0.05, 0) is 25.1 Å². The molecule has 0 unspecified atom stereocenters. The second kappa shape index (κ2) is 5.00. The van der Waals surface area contributed by atoms with E-state index < -0.39 is 6.10 Å². The van der Waals surface area contributed by atoms with Gasteiger partial charge in [0.05, 0.1) is 20.3 Å². The Labute approximate surface area is 89.6 Å². The zero-order valence-corrected chi connectivity index (χ0v) is 9.23. The molecule has 0 spiro atoms. The molecular weight excluding hydrogens is 194 g/mol. The van der Waals surface area contributed by atoms with Crippen molar-refractivity contribution in [1.29, 1.82) is 0 Å². The highest BCUT2D eigenvalue weighted by molar-refractivity contribution is 5.42. The van der Waals surface area contributed by atoms with Crippen LogP contribution in [0.2, 0.25) is 0 Å².